The minimum absolute atomic E-state index is 0.0406. The molecule has 4 rings (SSSR count). The lowest BCUT2D eigenvalue weighted by Crippen LogP contribution is -2.56. The van der Waals surface area contributed by atoms with Crippen molar-refractivity contribution in [2.75, 3.05) is 25.2 Å². The van der Waals surface area contributed by atoms with Crippen LogP contribution < -0.4 is 9.64 Å². The molecular weight excluding hydrogens is 607 g/mol. The van der Waals surface area contributed by atoms with Crippen molar-refractivity contribution >= 4 is 46.3 Å². The van der Waals surface area contributed by atoms with E-state index in [9.17, 15) is 18.8 Å². The van der Waals surface area contributed by atoms with Crippen molar-refractivity contribution < 1.29 is 37.7 Å². The van der Waals surface area contributed by atoms with Crippen LogP contribution in [0, 0.1) is 12.7 Å². The van der Waals surface area contributed by atoms with E-state index < -0.39 is 35.4 Å². The number of carbonyl (C=O) groups excluding carboxylic acids is 3. The number of carbonyl (C=O) groups is 3. The van der Waals surface area contributed by atoms with E-state index in [1.54, 1.807) is 27.7 Å². The molecule has 0 fully saturated rings. The smallest absolute Gasteiger partial charge is 0.348 e. The molecule has 2 amide bonds. The Labute approximate surface area is 265 Å². The number of urea groups is 1. The van der Waals surface area contributed by atoms with Gasteiger partial charge in [0.2, 0.25) is 0 Å². The second-order valence-corrected chi connectivity index (χ2v) is 12.8. The van der Waals surface area contributed by atoms with E-state index in [1.807, 2.05) is 44.2 Å². The molecule has 0 bridgehead atoms. The van der Waals surface area contributed by atoms with Crippen molar-refractivity contribution in [3.63, 3.8) is 0 Å². The summed E-state index contributed by atoms with van der Waals surface area (Å²) in [5, 5.41) is 0.498. The Kier molecular flexibility index (Phi) is 10.6. The Morgan fingerprint density at radius 3 is 2.41 bits per heavy atom. The van der Waals surface area contributed by atoms with E-state index in [2.05, 4.69) is 0 Å². The molecule has 0 radical (unpaired) electrons. The van der Waals surface area contributed by atoms with Crippen LogP contribution in [0.5, 0.6) is 5.75 Å². The van der Waals surface area contributed by atoms with Crippen LogP contribution >= 0.6 is 23.3 Å². The maximum Gasteiger partial charge on any atom is 0.348 e. The number of hydrogen-bond donors (Lipinski definition) is 0. The summed E-state index contributed by atoms with van der Waals surface area (Å²) in [6, 6.07) is 12.8. The highest BCUT2D eigenvalue weighted by Gasteiger charge is 2.48. The van der Waals surface area contributed by atoms with E-state index in [0.717, 1.165) is 28.8 Å². The molecule has 236 valence electrons. The summed E-state index contributed by atoms with van der Waals surface area (Å²) in [6.45, 7) is 10.6. The van der Waals surface area contributed by atoms with Crippen LogP contribution in [0.3, 0.4) is 0 Å². The van der Waals surface area contributed by atoms with Crippen molar-refractivity contribution in [3.05, 3.63) is 75.9 Å². The summed E-state index contributed by atoms with van der Waals surface area (Å²) in [4.78, 5) is 43.2. The molecule has 0 saturated carbocycles. The number of nitrogens with zero attached hydrogens (tertiary/aromatic N) is 2. The first kappa shape index (κ1) is 33.3. The van der Waals surface area contributed by atoms with Gasteiger partial charge in [-0.1, -0.05) is 30.3 Å². The first-order chi connectivity index (χ1) is 20.9. The third-order valence-electron chi connectivity index (χ3n) is 6.91. The van der Waals surface area contributed by atoms with Gasteiger partial charge in [-0.25, -0.2) is 23.1 Å². The van der Waals surface area contributed by atoms with Gasteiger partial charge in [0.25, 0.3) is 0 Å². The Morgan fingerprint density at radius 1 is 1.07 bits per heavy atom. The lowest BCUT2D eigenvalue weighted by atomic mass is 10.1. The predicted octanol–water partition coefficient (Wildman–Crippen LogP) is 7.32. The maximum atomic E-state index is 14.5. The first-order valence-corrected chi connectivity index (χ1v) is 15.8. The molecule has 1 atom stereocenters. The van der Waals surface area contributed by atoms with Crippen molar-refractivity contribution in [1.29, 1.82) is 0 Å². The molecule has 0 aliphatic carbocycles. The highest BCUT2D eigenvalue weighted by atomic mass is 32.2. The lowest BCUT2D eigenvalue weighted by molar-refractivity contribution is -0.153. The minimum Gasteiger partial charge on any atom is -0.496 e. The number of halogens is 1. The van der Waals surface area contributed by atoms with E-state index in [4.69, 9.17) is 18.9 Å². The van der Waals surface area contributed by atoms with Crippen LogP contribution in [0.25, 0.3) is 0 Å². The molecule has 1 aliphatic heterocycles. The average molecular weight is 645 g/mol. The maximum absolute atomic E-state index is 14.5. The quantitative estimate of drug-likeness (QED) is 0.150. The number of benzene rings is 2. The average Bonchev–Trinajstić information content (AvgIpc) is 3.32. The van der Waals surface area contributed by atoms with Gasteiger partial charge in [0.15, 0.2) is 0 Å². The lowest BCUT2D eigenvalue weighted by Gasteiger charge is -2.42. The van der Waals surface area contributed by atoms with Crippen molar-refractivity contribution in [2.45, 2.75) is 70.8 Å². The fourth-order valence-electron chi connectivity index (χ4n) is 4.65. The molecule has 0 saturated heterocycles. The number of methoxy groups -OCH3 is 1. The molecule has 44 heavy (non-hydrogen) atoms. The third kappa shape index (κ3) is 7.03. The molecule has 2 aromatic carbocycles. The molecule has 12 heteroatoms. The summed E-state index contributed by atoms with van der Waals surface area (Å²) < 4.78 is 38.5. The van der Waals surface area contributed by atoms with Crippen molar-refractivity contribution in [1.82, 2.24) is 4.31 Å². The van der Waals surface area contributed by atoms with Gasteiger partial charge in [-0.15, -0.1) is 11.3 Å². The monoisotopic (exact) mass is 644 g/mol. The molecular formula is C32H37FN2O7S2. The minimum atomic E-state index is -1.42. The topological polar surface area (TPSA) is 94.6 Å². The van der Waals surface area contributed by atoms with Gasteiger partial charge in [0.1, 0.15) is 39.7 Å². The summed E-state index contributed by atoms with van der Waals surface area (Å²) >= 11 is 2.20. The van der Waals surface area contributed by atoms with Crippen LogP contribution in [0.1, 0.15) is 67.1 Å². The molecule has 3 aromatic rings. The fraction of sp³-hybridized carbons (Fsp3) is 0.406. The fourth-order valence-corrected chi connectivity index (χ4v) is 7.14. The molecule has 9 nitrogen and oxygen atoms in total. The number of fused-ring (bicyclic) bond motifs is 1. The predicted molar refractivity (Wildman–Crippen MR) is 168 cm³/mol. The number of rotatable bonds is 12. The van der Waals surface area contributed by atoms with Crippen molar-refractivity contribution in [3.8, 4) is 5.75 Å². The second-order valence-electron chi connectivity index (χ2n) is 10.9. The zero-order chi connectivity index (χ0) is 32.2. The Hall–Kier alpha value is -3.61. The zero-order valence-electron chi connectivity index (χ0n) is 25.8. The number of amides is 2. The summed E-state index contributed by atoms with van der Waals surface area (Å²) in [7, 11) is 1.48. The summed E-state index contributed by atoms with van der Waals surface area (Å²) in [5.41, 5.74) is 0.425. The summed E-state index contributed by atoms with van der Waals surface area (Å²) in [5.74, 6) is -1.20. The largest absolute Gasteiger partial charge is 0.496 e. The van der Waals surface area contributed by atoms with Crippen LogP contribution in [0.4, 0.5) is 14.2 Å². The van der Waals surface area contributed by atoms with Gasteiger partial charge >= 0.3 is 18.0 Å². The van der Waals surface area contributed by atoms with Crippen LogP contribution in [0.15, 0.2) is 53.4 Å². The number of hydrogen-bond acceptors (Lipinski definition) is 9. The van der Waals surface area contributed by atoms with Gasteiger partial charge in [0, 0.05) is 5.56 Å². The second kappa shape index (κ2) is 14.0. The molecule has 0 unspecified atom stereocenters. The molecule has 1 aromatic heterocycles. The molecule has 0 N–H and O–H groups in total. The molecule has 2 heterocycles. The Bertz CT molecular complexity index is 1510. The Morgan fingerprint density at radius 2 is 1.77 bits per heavy atom. The van der Waals surface area contributed by atoms with Gasteiger partial charge < -0.3 is 18.9 Å². The van der Waals surface area contributed by atoms with Crippen molar-refractivity contribution in [2.24, 2.45) is 0 Å². The van der Waals surface area contributed by atoms with Gasteiger partial charge in [-0.05, 0) is 82.8 Å². The summed E-state index contributed by atoms with van der Waals surface area (Å²) in [6.07, 6.45) is -1.11. The standard InChI is InChI=1S/C32H37FN2O7S2/c1-8-40-29(36)27-20(4)26-28(43-27)34(17-25(42-19(2)3)23-16-22(33)14-15-24(23)39-7)31(38)35(44-26)32(5,6)30(37)41-18-21-12-10-9-11-13-21/h9-16,19,25H,8,17-18H2,1-7H3/t25-/m0/s1. The Balaban J connectivity index is 1.76. The van der Waals surface area contributed by atoms with Crippen LogP contribution in [-0.2, 0) is 25.6 Å². The molecule has 0 spiro atoms. The normalized spacial score (nSPS) is 14.0. The first-order valence-electron chi connectivity index (χ1n) is 14.2. The van der Waals surface area contributed by atoms with Gasteiger partial charge in [-0.2, -0.15) is 0 Å². The van der Waals surface area contributed by atoms with Gasteiger partial charge in [-0.3, -0.25) is 4.90 Å². The number of thiophene rings is 1. The van der Waals surface area contributed by atoms with Crippen LogP contribution in [0.2, 0.25) is 0 Å². The third-order valence-corrected chi connectivity index (χ3v) is 9.81. The SMILES string of the molecule is CCOC(=O)c1sc2c(c1C)SN(C(C)(C)C(=O)OCc1ccccc1)C(=O)N2C[C@H](OC(C)C)c1cc(F)ccc1OC. The number of anilines is 1. The van der Waals surface area contributed by atoms with Gasteiger partial charge in [0.05, 0.1) is 31.3 Å². The highest BCUT2D eigenvalue weighted by Crippen LogP contribution is 2.50. The van der Waals surface area contributed by atoms with Crippen LogP contribution in [-0.4, -0.2) is 54.2 Å². The van der Waals surface area contributed by atoms with E-state index in [1.165, 1.54) is 34.5 Å². The highest BCUT2D eigenvalue weighted by molar-refractivity contribution is 7.98. The van der Waals surface area contributed by atoms with E-state index in [-0.39, 0.29) is 25.9 Å². The number of esters is 2. The van der Waals surface area contributed by atoms with E-state index >= 15 is 0 Å². The number of ether oxygens (including phenoxy) is 4. The van der Waals surface area contributed by atoms with E-state index in [0.29, 0.717) is 31.7 Å². The zero-order valence-corrected chi connectivity index (χ0v) is 27.5. The molecule has 1 aliphatic rings.